The van der Waals surface area contributed by atoms with Crippen LogP contribution in [0.3, 0.4) is 0 Å². The van der Waals surface area contributed by atoms with E-state index in [0.717, 1.165) is 25.7 Å². The molecule has 1 aliphatic carbocycles. The van der Waals surface area contributed by atoms with Gasteiger partial charge < -0.3 is 5.11 Å². The summed E-state index contributed by atoms with van der Waals surface area (Å²) < 4.78 is 0. The number of nitriles is 1. The molecular formula is C14H25NO. The van der Waals surface area contributed by atoms with E-state index < -0.39 is 0 Å². The summed E-state index contributed by atoms with van der Waals surface area (Å²) in [5, 5.41) is 18.9. The average molecular weight is 223 g/mol. The maximum absolute atomic E-state index is 9.87. The minimum Gasteiger partial charge on any atom is -0.393 e. The molecule has 0 bridgehead atoms. The lowest BCUT2D eigenvalue weighted by atomic mass is 9.75. The third-order valence-corrected chi connectivity index (χ3v) is 3.92. The van der Waals surface area contributed by atoms with Crippen LogP contribution >= 0.6 is 0 Å². The number of aliphatic hydroxyl groups is 1. The van der Waals surface area contributed by atoms with Crippen molar-refractivity contribution in [2.45, 2.75) is 65.4 Å². The highest BCUT2D eigenvalue weighted by atomic mass is 16.3. The van der Waals surface area contributed by atoms with Crippen molar-refractivity contribution in [1.29, 1.82) is 5.26 Å². The molecule has 0 aliphatic heterocycles. The molecule has 1 rings (SSSR count). The Bertz CT molecular complexity index is 248. The van der Waals surface area contributed by atoms with Crippen LogP contribution in [0.2, 0.25) is 0 Å². The van der Waals surface area contributed by atoms with E-state index in [1.54, 1.807) is 0 Å². The molecule has 1 aliphatic rings. The normalized spacial score (nSPS) is 33.3. The summed E-state index contributed by atoms with van der Waals surface area (Å²) in [6.45, 7) is 6.84. The zero-order valence-corrected chi connectivity index (χ0v) is 10.9. The standard InChI is InChI=1S/C14H25NO/c1-14(2,3)12-6-4-5-11(10-15)9-13(16)8-7-12/h11-13,16H,4-9H2,1-3H3. The molecule has 0 spiro atoms. The number of nitrogens with zero attached hydrogens (tertiary/aromatic N) is 1. The lowest BCUT2D eigenvalue weighted by Gasteiger charge is -2.31. The van der Waals surface area contributed by atoms with Crippen molar-refractivity contribution in [2.75, 3.05) is 0 Å². The molecule has 3 atom stereocenters. The van der Waals surface area contributed by atoms with Gasteiger partial charge in [-0.2, -0.15) is 5.26 Å². The van der Waals surface area contributed by atoms with Gasteiger partial charge >= 0.3 is 0 Å². The van der Waals surface area contributed by atoms with Crippen molar-refractivity contribution in [3.8, 4) is 6.07 Å². The highest BCUT2D eigenvalue weighted by Gasteiger charge is 2.27. The van der Waals surface area contributed by atoms with Crippen LogP contribution in [0.15, 0.2) is 0 Å². The zero-order chi connectivity index (χ0) is 12.2. The van der Waals surface area contributed by atoms with Crippen LogP contribution in [0.25, 0.3) is 0 Å². The van der Waals surface area contributed by atoms with E-state index in [9.17, 15) is 5.11 Å². The van der Waals surface area contributed by atoms with E-state index in [0.29, 0.717) is 17.8 Å². The third kappa shape index (κ3) is 4.14. The lowest BCUT2D eigenvalue weighted by molar-refractivity contribution is 0.122. The molecule has 2 heteroatoms. The molecule has 1 saturated carbocycles. The molecule has 16 heavy (non-hydrogen) atoms. The van der Waals surface area contributed by atoms with Crippen molar-refractivity contribution in [2.24, 2.45) is 17.3 Å². The monoisotopic (exact) mass is 223 g/mol. The van der Waals surface area contributed by atoms with Crippen LogP contribution < -0.4 is 0 Å². The third-order valence-electron chi connectivity index (χ3n) is 3.92. The van der Waals surface area contributed by atoms with Crippen molar-refractivity contribution in [3.05, 3.63) is 0 Å². The minimum atomic E-state index is -0.271. The molecular weight excluding hydrogens is 198 g/mol. The Balaban J connectivity index is 2.61. The Labute approximate surface area is 99.7 Å². The Morgan fingerprint density at radius 1 is 1.12 bits per heavy atom. The van der Waals surface area contributed by atoms with E-state index in [1.807, 2.05) is 0 Å². The Morgan fingerprint density at radius 2 is 1.81 bits per heavy atom. The maximum atomic E-state index is 9.87. The van der Waals surface area contributed by atoms with Crippen LogP contribution in [0.1, 0.15) is 59.3 Å². The average Bonchev–Trinajstić information content (AvgIpc) is 2.27. The van der Waals surface area contributed by atoms with Crippen molar-refractivity contribution >= 4 is 0 Å². The van der Waals surface area contributed by atoms with Crippen LogP contribution in [-0.4, -0.2) is 11.2 Å². The molecule has 2 nitrogen and oxygen atoms in total. The number of rotatable bonds is 0. The summed E-state index contributed by atoms with van der Waals surface area (Å²) in [7, 11) is 0. The molecule has 0 radical (unpaired) electrons. The Hall–Kier alpha value is -0.550. The first-order chi connectivity index (χ1) is 7.43. The summed E-state index contributed by atoms with van der Waals surface area (Å²) in [5.41, 5.74) is 0.326. The molecule has 0 aromatic rings. The molecule has 1 fully saturated rings. The van der Waals surface area contributed by atoms with E-state index >= 15 is 0 Å². The van der Waals surface area contributed by atoms with Gasteiger partial charge in [-0.3, -0.25) is 0 Å². The minimum absolute atomic E-state index is 0.0636. The number of hydrogen-bond donors (Lipinski definition) is 1. The van der Waals surface area contributed by atoms with E-state index in [1.165, 1.54) is 6.42 Å². The van der Waals surface area contributed by atoms with Gasteiger partial charge in [0, 0.05) is 5.92 Å². The van der Waals surface area contributed by atoms with Gasteiger partial charge in [-0.15, -0.1) is 0 Å². The molecule has 0 aromatic heterocycles. The highest BCUT2D eigenvalue weighted by molar-refractivity contribution is 4.87. The predicted octanol–water partition coefficient (Wildman–Crippen LogP) is 3.50. The Kier molecular flexibility index (Phi) is 4.80. The van der Waals surface area contributed by atoms with Gasteiger partial charge in [-0.05, 0) is 43.4 Å². The first kappa shape index (κ1) is 13.5. The second-order valence-electron chi connectivity index (χ2n) is 6.29. The molecule has 0 heterocycles. The SMILES string of the molecule is CC(C)(C)C1CCCC(C#N)CC(O)CC1. The molecule has 0 aromatic carbocycles. The quantitative estimate of drug-likeness (QED) is 0.683. The zero-order valence-electron chi connectivity index (χ0n) is 10.9. The fourth-order valence-corrected chi connectivity index (χ4v) is 2.70. The van der Waals surface area contributed by atoms with Crippen LogP contribution in [-0.2, 0) is 0 Å². The van der Waals surface area contributed by atoms with Gasteiger partial charge in [0.2, 0.25) is 0 Å². The largest absolute Gasteiger partial charge is 0.393 e. The lowest BCUT2D eigenvalue weighted by Crippen LogP contribution is -2.21. The molecule has 3 unspecified atom stereocenters. The van der Waals surface area contributed by atoms with E-state index in [2.05, 4.69) is 26.8 Å². The molecule has 1 N–H and O–H groups in total. The number of aliphatic hydroxyl groups excluding tert-OH is 1. The van der Waals surface area contributed by atoms with Gasteiger partial charge in [0.25, 0.3) is 0 Å². The van der Waals surface area contributed by atoms with Crippen LogP contribution in [0, 0.1) is 28.6 Å². The van der Waals surface area contributed by atoms with E-state index in [4.69, 9.17) is 5.26 Å². The Morgan fingerprint density at radius 3 is 2.38 bits per heavy atom. The summed E-state index contributed by atoms with van der Waals surface area (Å²) in [6.07, 6.45) is 5.66. The first-order valence-electron chi connectivity index (χ1n) is 6.51. The second-order valence-corrected chi connectivity index (χ2v) is 6.29. The predicted molar refractivity (Wildman–Crippen MR) is 65.8 cm³/mol. The first-order valence-corrected chi connectivity index (χ1v) is 6.51. The van der Waals surface area contributed by atoms with Crippen LogP contribution in [0.5, 0.6) is 0 Å². The van der Waals surface area contributed by atoms with Gasteiger partial charge in [0.1, 0.15) is 0 Å². The highest BCUT2D eigenvalue weighted by Crippen LogP contribution is 2.36. The van der Waals surface area contributed by atoms with Crippen molar-refractivity contribution in [3.63, 3.8) is 0 Å². The molecule has 0 amide bonds. The molecule has 0 saturated heterocycles. The van der Waals surface area contributed by atoms with Gasteiger partial charge in [0.15, 0.2) is 0 Å². The van der Waals surface area contributed by atoms with E-state index in [-0.39, 0.29) is 12.0 Å². The van der Waals surface area contributed by atoms with Gasteiger partial charge in [-0.1, -0.05) is 27.2 Å². The fourth-order valence-electron chi connectivity index (χ4n) is 2.70. The summed E-state index contributed by atoms with van der Waals surface area (Å²) in [4.78, 5) is 0. The summed E-state index contributed by atoms with van der Waals surface area (Å²) in [6, 6.07) is 2.32. The van der Waals surface area contributed by atoms with Gasteiger partial charge in [0.05, 0.1) is 12.2 Å². The smallest absolute Gasteiger partial charge is 0.0656 e. The fraction of sp³-hybridized carbons (Fsp3) is 0.929. The molecule has 92 valence electrons. The second kappa shape index (κ2) is 5.68. The van der Waals surface area contributed by atoms with Gasteiger partial charge in [-0.25, -0.2) is 0 Å². The maximum Gasteiger partial charge on any atom is 0.0656 e. The number of hydrogen-bond acceptors (Lipinski definition) is 2. The topological polar surface area (TPSA) is 44.0 Å². The summed E-state index contributed by atoms with van der Waals surface area (Å²) >= 11 is 0. The van der Waals surface area contributed by atoms with Crippen molar-refractivity contribution < 1.29 is 5.11 Å². The van der Waals surface area contributed by atoms with Crippen molar-refractivity contribution in [1.82, 2.24) is 0 Å². The van der Waals surface area contributed by atoms with Crippen LogP contribution in [0.4, 0.5) is 0 Å². The summed E-state index contributed by atoms with van der Waals surface area (Å²) in [5.74, 6) is 0.744.